The van der Waals surface area contributed by atoms with Crippen molar-refractivity contribution in [2.24, 2.45) is 0 Å². The van der Waals surface area contributed by atoms with E-state index in [4.69, 9.17) is 16.3 Å². The van der Waals surface area contributed by atoms with Gasteiger partial charge in [-0.3, -0.25) is 10.1 Å². The molecular formula is C16H19Cl2N3O3. The van der Waals surface area contributed by atoms with Crippen molar-refractivity contribution in [3.05, 3.63) is 63.2 Å². The molecule has 2 rings (SSSR count). The number of nitrogens with zero attached hydrogens (tertiary/aromatic N) is 1. The van der Waals surface area contributed by atoms with Crippen molar-refractivity contribution in [3.8, 4) is 5.75 Å². The first-order valence-corrected chi connectivity index (χ1v) is 7.50. The summed E-state index contributed by atoms with van der Waals surface area (Å²) in [4.78, 5) is 10.2. The molecule has 0 saturated heterocycles. The molecule has 2 aromatic carbocycles. The summed E-state index contributed by atoms with van der Waals surface area (Å²) in [5.41, 5.74) is 1.74. The minimum absolute atomic E-state index is 0. The quantitative estimate of drug-likeness (QED) is 0.418. The highest BCUT2D eigenvalue weighted by Crippen LogP contribution is 2.26. The predicted octanol–water partition coefficient (Wildman–Crippen LogP) is 3.88. The van der Waals surface area contributed by atoms with Gasteiger partial charge in [-0.05, 0) is 12.1 Å². The Bertz CT molecular complexity index is 683. The molecule has 0 bridgehead atoms. The SMILES string of the molecule is COc1ccccc1CNCCNc1ccc([N+](=O)[O-])cc1Cl.Cl. The second kappa shape index (κ2) is 9.97. The molecule has 0 radical (unpaired) electrons. The maximum Gasteiger partial charge on any atom is 0.271 e. The highest BCUT2D eigenvalue weighted by molar-refractivity contribution is 6.33. The Morgan fingerprint density at radius 1 is 1.21 bits per heavy atom. The number of nitro benzene ring substituents is 1. The van der Waals surface area contributed by atoms with E-state index >= 15 is 0 Å². The molecular weight excluding hydrogens is 353 g/mol. The number of hydrogen-bond donors (Lipinski definition) is 2. The topological polar surface area (TPSA) is 76.4 Å². The van der Waals surface area contributed by atoms with Crippen LogP contribution in [-0.2, 0) is 6.54 Å². The van der Waals surface area contributed by atoms with E-state index in [0.29, 0.717) is 30.3 Å². The van der Waals surface area contributed by atoms with Crippen molar-refractivity contribution < 1.29 is 9.66 Å². The zero-order chi connectivity index (χ0) is 16.7. The first-order chi connectivity index (χ1) is 11.1. The van der Waals surface area contributed by atoms with Crippen LogP contribution in [0, 0.1) is 10.1 Å². The number of halogens is 2. The number of hydrogen-bond acceptors (Lipinski definition) is 5. The molecule has 130 valence electrons. The van der Waals surface area contributed by atoms with Gasteiger partial charge in [-0.1, -0.05) is 29.8 Å². The molecule has 2 aromatic rings. The summed E-state index contributed by atoms with van der Waals surface area (Å²) in [5.74, 6) is 0.853. The molecule has 0 spiro atoms. The predicted molar refractivity (Wildman–Crippen MR) is 98.5 cm³/mol. The van der Waals surface area contributed by atoms with Crippen molar-refractivity contribution >= 4 is 35.4 Å². The normalized spacial score (nSPS) is 9.92. The standard InChI is InChI=1S/C16H18ClN3O3.ClH/c1-23-16-5-3-2-4-12(16)11-18-8-9-19-15-7-6-13(20(21)22)10-14(15)17;/h2-7,10,18-19H,8-9,11H2,1H3;1H. The van der Waals surface area contributed by atoms with Gasteiger partial charge in [0.25, 0.3) is 5.69 Å². The van der Waals surface area contributed by atoms with Gasteiger partial charge in [0.2, 0.25) is 0 Å². The molecule has 0 atom stereocenters. The van der Waals surface area contributed by atoms with Gasteiger partial charge < -0.3 is 15.4 Å². The van der Waals surface area contributed by atoms with Crippen LogP contribution in [0.1, 0.15) is 5.56 Å². The highest BCUT2D eigenvalue weighted by atomic mass is 35.5. The molecule has 0 aliphatic carbocycles. The van der Waals surface area contributed by atoms with E-state index in [1.165, 1.54) is 12.1 Å². The third kappa shape index (κ3) is 5.56. The number of nitro groups is 1. The van der Waals surface area contributed by atoms with E-state index in [-0.39, 0.29) is 18.1 Å². The molecule has 0 aliphatic rings. The zero-order valence-electron chi connectivity index (χ0n) is 13.1. The first-order valence-electron chi connectivity index (χ1n) is 7.12. The van der Waals surface area contributed by atoms with Gasteiger partial charge in [0.05, 0.1) is 22.7 Å². The molecule has 8 heteroatoms. The number of rotatable bonds is 8. The van der Waals surface area contributed by atoms with Crippen LogP contribution in [0.5, 0.6) is 5.75 Å². The smallest absolute Gasteiger partial charge is 0.271 e. The molecule has 0 amide bonds. The summed E-state index contributed by atoms with van der Waals surface area (Å²) in [6.07, 6.45) is 0. The van der Waals surface area contributed by atoms with E-state index in [0.717, 1.165) is 11.3 Å². The number of ether oxygens (including phenoxy) is 1. The van der Waals surface area contributed by atoms with Crippen molar-refractivity contribution in [2.45, 2.75) is 6.54 Å². The average Bonchev–Trinajstić information content (AvgIpc) is 2.56. The maximum absolute atomic E-state index is 10.7. The van der Waals surface area contributed by atoms with E-state index in [1.807, 2.05) is 24.3 Å². The molecule has 0 aromatic heterocycles. The van der Waals surface area contributed by atoms with Gasteiger partial charge in [-0.2, -0.15) is 0 Å². The molecule has 2 N–H and O–H groups in total. The fraction of sp³-hybridized carbons (Fsp3) is 0.250. The molecule has 0 unspecified atom stereocenters. The van der Waals surface area contributed by atoms with Gasteiger partial charge in [0.1, 0.15) is 5.75 Å². The van der Waals surface area contributed by atoms with Crippen molar-refractivity contribution in [3.63, 3.8) is 0 Å². The molecule has 0 saturated carbocycles. The van der Waals surface area contributed by atoms with Gasteiger partial charge in [0.15, 0.2) is 0 Å². The second-order valence-electron chi connectivity index (χ2n) is 4.84. The van der Waals surface area contributed by atoms with Crippen LogP contribution < -0.4 is 15.4 Å². The summed E-state index contributed by atoms with van der Waals surface area (Å²) in [7, 11) is 1.65. The van der Waals surface area contributed by atoms with E-state index in [2.05, 4.69) is 10.6 Å². The van der Waals surface area contributed by atoms with Crippen LogP contribution in [0.2, 0.25) is 5.02 Å². The largest absolute Gasteiger partial charge is 0.496 e. The van der Waals surface area contributed by atoms with E-state index in [9.17, 15) is 10.1 Å². The van der Waals surface area contributed by atoms with Crippen LogP contribution in [0.25, 0.3) is 0 Å². The Morgan fingerprint density at radius 3 is 2.62 bits per heavy atom. The Balaban J connectivity index is 0.00000288. The van der Waals surface area contributed by atoms with Crippen LogP contribution in [0.3, 0.4) is 0 Å². The maximum atomic E-state index is 10.7. The Hall–Kier alpha value is -2.02. The third-order valence-electron chi connectivity index (χ3n) is 3.29. The van der Waals surface area contributed by atoms with Gasteiger partial charge in [0, 0.05) is 37.3 Å². The van der Waals surface area contributed by atoms with Crippen molar-refractivity contribution in [1.82, 2.24) is 5.32 Å². The first kappa shape index (κ1) is 20.0. The van der Waals surface area contributed by atoms with E-state index < -0.39 is 4.92 Å². The zero-order valence-corrected chi connectivity index (χ0v) is 14.7. The lowest BCUT2D eigenvalue weighted by atomic mass is 10.2. The monoisotopic (exact) mass is 371 g/mol. The van der Waals surface area contributed by atoms with Crippen molar-refractivity contribution in [2.75, 3.05) is 25.5 Å². The highest BCUT2D eigenvalue weighted by Gasteiger charge is 2.08. The van der Waals surface area contributed by atoms with Gasteiger partial charge in [-0.25, -0.2) is 0 Å². The lowest BCUT2D eigenvalue weighted by molar-refractivity contribution is -0.384. The lowest BCUT2D eigenvalue weighted by Crippen LogP contribution is -2.22. The minimum Gasteiger partial charge on any atom is -0.496 e. The number of nitrogens with one attached hydrogen (secondary N) is 2. The summed E-state index contributed by atoms with van der Waals surface area (Å²) in [6.45, 7) is 2.05. The van der Waals surface area contributed by atoms with Crippen LogP contribution in [-0.4, -0.2) is 25.1 Å². The van der Waals surface area contributed by atoms with Crippen LogP contribution >= 0.6 is 24.0 Å². The molecule has 0 fully saturated rings. The summed E-state index contributed by atoms with van der Waals surface area (Å²) < 4.78 is 5.29. The average molecular weight is 372 g/mol. The Morgan fingerprint density at radius 2 is 1.96 bits per heavy atom. The third-order valence-corrected chi connectivity index (χ3v) is 3.60. The number of anilines is 1. The van der Waals surface area contributed by atoms with Gasteiger partial charge in [-0.15, -0.1) is 12.4 Å². The van der Waals surface area contributed by atoms with Crippen molar-refractivity contribution in [1.29, 1.82) is 0 Å². The Kier molecular flexibility index (Phi) is 8.32. The number of methoxy groups -OCH3 is 1. The fourth-order valence-electron chi connectivity index (χ4n) is 2.12. The van der Waals surface area contributed by atoms with Gasteiger partial charge >= 0.3 is 0 Å². The fourth-order valence-corrected chi connectivity index (χ4v) is 2.36. The van der Waals surface area contributed by atoms with Crippen LogP contribution in [0.15, 0.2) is 42.5 Å². The lowest BCUT2D eigenvalue weighted by Gasteiger charge is -2.11. The number of benzene rings is 2. The number of non-ortho nitro benzene ring substituents is 1. The number of para-hydroxylation sites is 1. The van der Waals surface area contributed by atoms with E-state index in [1.54, 1.807) is 13.2 Å². The summed E-state index contributed by atoms with van der Waals surface area (Å²) >= 11 is 6.02. The summed E-state index contributed by atoms with van der Waals surface area (Å²) in [6, 6.07) is 12.2. The molecule has 6 nitrogen and oxygen atoms in total. The second-order valence-corrected chi connectivity index (χ2v) is 5.24. The molecule has 0 aliphatic heterocycles. The molecule has 0 heterocycles. The van der Waals surface area contributed by atoms with Crippen LogP contribution in [0.4, 0.5) is 11.4 Å². The molecule has 24 heavy (non-hydrogen) atoms. The Labute approximate surface area is 151 Å². The minimum atomic E-state index is -0.468. The summed E-state index contributed by atoms with van der Waals surface area (Å²) in [5, 5.41) is 17.4.